The number of fused-ring (bicyclic) bond motifs is 2. The number of aromatic nitrogens is 4. The number of benzene rings is 1. The molecule has 0 N–H and O–H groups in total. The van der Waals surface area contributed by atoms with E-state index in [1.54, 1.807) is 0 Å². The third-order valence-corrected chi connectivity index (χ3v) is 7.33. The van der Waals surface area contributed by atoms with E-state index in [1.165, 1.54) is 39.0 Å². The zero-order chi connectivity index (χ0) is 23.1. The molecule has 2 fully saturated rings. The van der Waals surface area contributed by atoms with Gasteiger partial charge >= 0.3 is 0 Å². The third kappa shape index (κ3) is 3.77. The summed E-state index contributed by atoms with van der Waals surface area (Å²) in [4.78, 5) is 20.4. The maximum Gasteiger partial charge on any atom is 0.270 e. The third-order valence-electron chi connectivity index (χ3n) is 7.33. The zero-order valence-corrected chi connectivity index (χ0v) is 19.4. The van der Waals surface area contributed by atoms with Crippen LogP contribution >= 0.6 is 0 Å². The molecule has 0 atom stereocenters. The van der Waals surface area contributed by atoms with Crippen LogP contribution in [0.4, 0.5) is 11.5 Å². The number of hydrogen-bond donors (Lipinski definition) is 0. The van der Waals surface area contributed by atoms with Gasteiger partial charge in [0.05, 0.1) is 24.3 Å². The lowest BCUT2D eigenvalue weighted by Gasteiger charge is -2.42. The summed E-state index contributed by atoms with van der Waals surface area (Å²) < 4.78 is 1.87. The van der Waals surface area contributed by atoms with Gasteiger partial charge in [-0.3, -0.25) is 4.90 Å². The van der Waals surface area contributed by atoms with Crippen LogP contribution in [0.1, 0.15) is 12.8 Å². The number of piperidine rings is 1. The topological polar surface area (TPSA) is 57.2 Å². The largest absolute Gasteiger partial charge is 0.369 e. The van der Waals surface area contributed by atoms with Crippen LogP contribution in [0.3, 0.4) is 0 Å². The van der Waals surface area contributed by atoms with Crippen LogP contribution in [0.5, 0.6) is 0 Å². The number of likely N-dealkylation sites (N-methyl/N-ethyl adjacent to an activating group) is 1. The van der Waals surface area contributed by atoms with E-state index in [2.05, 4.69) is 42.9 Å². The van der Waals surface area contributed by atoms with Crippen LogP contribution in [0.2, 0.25) is 0 Å². The highest BCUT2D eigenvalue weighted by Gasteiger charge is 2.27. The predicted molar refractivity (Wildman–Crippen MR) is 134 cm³/mol. The van der Waals surface area contributed by atoms with E-state index < -0.39 is 0 Å². The van der Waals surface area contributed by atoms with Crippen molar-refractivity contribution < 1.29 is 0 Å². The summed E-state index contributed by atoms with van der Waals surface area (Å²) in [7, 11) is 2.21. The highest BCUT2D eigenvalue weighted by molar-refractivity contribution is 5.99. The maximum atomic E-state index is 7.45. The fraction of sp³-hybridized carbons (Fsp3) is 0.385. The second-order valence-corrected chi connectivity index (χ2v) is 9.35. The minimum atomic E-state index is 0.382. The van der Waals surface area contributed by atoms with Gasteiger partial charge in [0.2, 0.25) is 0 Å². The molecule has 0 spiro atoms. The van der Waals surface area contributed by atoms with Crippen LogP contribution < -0.4 is 4.90 Å². The summed E-state index contributed by atoms with van der Waals surface area (Å²) in [6, 6.07) is 10.4. The Balaban J connectivity index is 1.25. The van der Waals surface area contributed by atoms with E-state index in [4.69, 9.17) is 11.6 Å². The number of piperazine rings is 1. The first-order chi connectivity index (χ1) is 16.7. The molecule has 4 aromatic rings. The summed E-state index contributed by atoms with van der Waals surface area (Å²) in [5.74, 6) is 0.382. The van der Waals surface area contributed by atoms with Gasteiger partial charge in [0.1, 0.15) is 0 Å². The SMILES string of the molecule is [C-]#[N+]c1cc(-c2cnn3cc(N4CCC(N5CCN(C)CC5)CC4)cnc23)c2ccccc2n1. The summed E-state index contributed by atoms with van der Waals surface area (Å²) in [5.41, 5.74) is 4.58. The molecular formula is C26H28N8. The molecular weight excluding hydrogens is 424 g/mol. The van der Waals surface area contributed by atoms with Gasteiger partial charge in [0, 0.05) is 56.3 Å². The van der Waals surface area contributed by atoms with E-state index in [0.29, 0.717) is 11.9 Å². The molecule has 0 aliphatic carbocycles. The first-order valence-electron chi connectivity index (χ1n) is 12.0. The van der Waals surface area contributed by atoms with Crippen LogP contribution in [0.25, 0.3) is 32.5 Å². The van der Waals surface area contributed by atoms with Gasteiger partial charge in [0.25, 0.3) is 5.82 Å². The van der Waals surface area contributed by atoms with Crippen molar-refractivity contribution >= 4 is 28.1 Å². The van der Waals surface area contributed by atoms with Gasteiger partial charge in [-0.1, -0.05) is 24.8 Å². The van der Waals surface area contributed by atoms with Crippen LogP contribution in [0.15, 0.2) is 48.9 Å². The van der Waals surface area contributed by atoms with E-state index in [1.807, 2.05) is 47.2 Å². The van der Waals surface area contributed by atoms with Gasteiger partial charge in [-0.2, -0.15) is 5.10 Å². The predicted octanol–water partition coefficient (Wildman–Crippen LogP) is 3.71. The quantitative estimate of drug-likeness (QED) is 0.442. The molecule has 172 valence electrons. The van der Waals surface area contributed by atoms with Crippen molar-refractivity contribution in [2.24, 2.45) is 0 Å². The first-order valence-corrected chi connectivity index (χ1v) is 12.0. The van der Waals surface area contributed by atoms with Crippen molar-refractivity contribution in [3.63, 3.8) is 0 Å². The van der Waals surface area contributed by atoms with Crippen molar-refractivity contribution in [2.45, 2.75) is 18.9 Å². The van der Waals surface area contributed by atoms with Crippen molar-refractivity contribution in [1.82, 2.24) is 29.4 Å². The van der Waals surface area contributed by atoms with Crippen LogP contribution in [-0.2, 0) is 0 Å². The normalized spacial score (nSPS) is 18.5. The molecule has 2 aliphatic rings. The molecule has 2 aliphatic heterocycles. The van der Waals surface area contributed by atoms with Crippen molar-refractivity contribution in [3.05, 3.63) is 60.3 Å². The second-order valence-electron chi connectivity index (χ2n) is 9.35. The average Bonchev–Trinajstić information content (AvgIpc) is 3.32. The Kier molecular flexibility index (Phi) is 5.36. The van der Waals surface area contributed by atoms with Gasteiger partial charge in [-0.05, 0) is 37.6 Å². The summed E-state index contributed by atoms with van der Waals surface area (Å²) in [6.45, 7) is 14.3. The maximum absolute atomic E-state index is 7.45. The lowest BCUT2D eigenvalue weighted by atomic mass is 10.0. The lowest BCUT2D eigenvalue weighted by Crippen LogP contribution is -2.52. The number of pyridine rings is 1. The molecule has 0 amide bonds. The van der Waals surface area contributed by atoms with E-state index >= 15 is 0 Å². The highest BCUT2D eigenvalue weighted by atomic mass is 15.3. The Labute approximate surface area is 199 Å². The van der Waals surface area contributed by atoms with Gasteiger partial charge < -0.3 is 14.6 Å². The molecule has 8 nitrogen and oxygen atoms in total. The van der Waals surface area contributed by atoms with Gasteiger partial charge in [0.15, 0.2) is 11.2 Å². The van der Waals surface area contributed by atoms with E-state index in [9.17, 15) is 0 Å². The second kappa shape index (κ2) is 8.67. The molecule has 1 aromatic carbocycles. The number of para-hydroxylation sites is 1. The van der Waals surface area contributed by atoms with Crippen LogP contribution in [0, 0.1) is 6.57 Å². The molecule has 34 heavy (non-hydrogen) atoms. The fourth-order valence-corrected chi connectivity index (χ4v) is 5.34. The first kappa shape index (κ1) is 21.0. The molecule has 5 heterocycles. The summed E-state index contributed by atoms with van der Waals surface area (Å²) in [6.07, 6.45) is 8.28. The number of hydrogen-bond acceptors (Lipinski definition) is 6. The lowest BCUT2D eigenvalue weighted by molar-refractivity contribution is 0.0982. The molecule has 0 saturated carbocycles. The van der Waals surface area contributed by atoms with Gasteiger partial charge in [-0.25, -0.2) is 9.50 Å². The highest BCUT2D eigenvalue weighted by Crippen LogP contribution is 2.33. The summed E-state index contributed by atoms with van der Waals surface area (Å²) in [5, 5.41) is 5.63. The van der Waals surface area contributed by atoms with E-state index in [0.717, 1.165) is 46.5 Å². The molecule has 6 rings (SSSR count). The Hall–Kier alpha value is -3.54. The molecule has 0 bridgehead atoms. The van der Waals surface area contributed by atoms with Crippen molar-refractivity contribution in [3.8, 4) is 11.1 Å². The molecule has 0 radical (unpaired) electrons. The van der Waals surface area contributed by atoms with E-state index in [-0.39, 0.29) is 0 Å². The molecule has 2 saturated heterocycles. The Morgan fingerprint density at radius 1 is 0.971 bits per heavy atom. The smallest absolute Gasteiger partial charge is 0.270 e. The minimum absolute atomic E-state index is 0.382. The van der Waals surface area contributed by atoms with Gasteiger partial charge in [-0.15, -0.1) is 4.98 Å². The monoisotopic (exact) mass is 452 g/mol. The minimum Gasteiger partial charge on any atom is -0.369 e. The standard InChI is InChI=1S/C26H28N8/c1-27-25-15-22(21-5-3-4-6-24(21)30-25)23-17-29-34-18-20(16-28-26(23)34)32-9-7-19(8-10-32)33-13-11-31(2)12-14-33/h3-6,15-19H,7-14H2,2H3. The molecule has 8 heteroatoms. The number of anilines is 1. The Morgan fingerprint density at radius 2 is 1.76 bits per heavy atom. The Morgan fingerprint density at radius 3 is 2.56 bits per heavy atom. The average molecular weight is 453 g/mol. The number of rotatable bonds is 3. The van der Waals surface area contributed by atoms with Crippen molar-refractivity contribution in [2.75, 3.05) is 51.2 Å². The zero-order valence-electron chi connectivity index (χ0n) is 19.4. The van der Waals surface area contributed by atoms with Crippen molar-refractivity contribution in [1.29, 1.82) is 0 Å². The number of nitrogens with zero attached hydrogens (tertiary/aromatic N) is 8. The van der Waals surface area contributed by atoms with Crippen LogP contribution in [-0.4, -0.2) is 81.7 Å². The Bertz CT molecular complexity index is 1370. The fourth-order valence-electron chi connectivity index (χ4n) is 5.34. The summed E-state index contributed by atoms with van der Waals surface area (Å²) >= 11 is 0. The molecule has 0 unspecified atom stereocenters. The molecule has 3 aromatic heterocycles.